The number of aryl methyl sites for hydroxylation is 1. The third-order valence-electron chi connectivity index (χ3n) is 6.34. The van der Waals surface area contributed by atoms with Crippen molar-refractivity contribution in [3.63, 3.8) is 0 Å². The molecule has 0 radical (unpaired) electrons. The molecule has 1 N–H and O–H groups in total. The molecule has 1 amide bonds. The van der Waals surface area contributed by atoms with Gasteiger partial charge in [0.2, 0.25) is 15.9 Å². The Morgan fingerprint density at radius 3 is 2.38 bits per heavy atom. The van der Waals surface area contributed by atoms with Crippen LogP contribution in [-0.2, 0) is 27.8 Å². The third-order valence-corrected chi connectivity index (χ3v) is 8.23. The highest BCUT2D eigenvalue weighted by atomic mass is 32.2. The maximum Gasteiger partial charge on any atom is 0.243 e. The highest BCUT2D eigenvalue weighted by Crippen LogP contribution is 2.26. The molecule has 1 aliphatic rings. The predicted octanol–water partition coefficient (Wildman–Crippen LogP) is 4.26. The van der Waals surface area contributed by atoms with Crippen LogP contribution in [0.2, 0.25) is 0 Å². The van der Waals surface area contributed by atoms with E-state index >= 15 is 0 Å². The molecule has 32 heavy (non-hydrogen) atoms. The van der Waals surface area contributed by atoms with Crippen molar-refractivity contribution in [2.24, 2.45) is 0 Å². The molecule has 6 nitrogen and oxygen atoms in total. The van der Waals surface area contributed by atoms with Crippen molar-refractivity contribution in [2.75, 3.05) is 13.1 Å². The van der Waals surface area contributed by atoms with Crippen molar-refractivity contribution in [1.82, 2.24) is 14.2 Å². The lowest BCUT2D eigenvalue weighted by atomic mass is 10.1. The summed E-state index contributed by atoms with van der Waals surface area (Å²) in [5.74, 6) is -0.0768. The Kier molecular flexibility index (Phi) is 6.67. The molecule has 0 spiro atoms. The highest BCUT2D eigenvalue weighted by Gasteiger charge is 2.26. The number of hydrogen-bond acceptors (Lipinski definition) is 3. The van der Waals surface area contributed by atoms with E-state index in [0.717, 1.165) is 42.1 Å². The number of carbonyl (C=O) groups excluding carboxylic acids is 1. The number of nitrogens with one attached hydrogen (secondary N) is 1. The summed E-state index contributed by atoms with van der Waals surface area (Å²) in [6.07, 6.45) is 5.74. The van der Waals surface area contributed by atoms with Crippen LogP contribution >= 0.6 is 0 Å². The quantitative estimate of drug-likeness (QED) is 0.581. The molecule has 4 rings (SSSR count). The summed E-state index contributed by atoms with van der Waals surface area (Å²) >= 11 is 0. The number of nitrogens with zero attached hydrogens (tertiary/aromatic N) is 2. The van der Waals surface area contributed by atoms with Gasteiger partial charge in [-0.15, -0.1) is 0 Å². The molecule has 2 aromatic carbocycles. The van der Waals surface area contributed by atoms with E-state index in [1.807, 2.05) is 35.9 Å². The first-order valence-electron chi connectivity index (χ1n) is 11.4. The second-order valence-electron chi connectivity index (χ2n) is 8.47. The molecule has 1 saturated heterocycles. The lowest BCUT2D eigenvalue weighted by molar-refractivity contribution is -0.123. The Labute approximate surface area is 190 Å². The van der Waals surface area contributed by atoms with Gasteiger partial charge in [0.25, 0.3) is 0 Å². The van der Waals surface area contributed by atoms with Crippen LogP contribution in [0.5, 0.6) is 0 Å². The number of piperidine rings is 1. The van der Waals surface area contributed by atoms with Crippen molar-refractivity contribution in [3.8, 4) is 0 Å². The van der Waals surface area contributed by atoms with Gasteiger partial charge in [-0.25, -0.2) is 8.42 Å². The summed E-state index contributed by atoms with van der Waals surface area (Å²) in [7, 11) is -3.48. The van der Waals surface area contributed by atoms with Crippen LogP contribution in [0.4, 0.5) is 0 Å². The first-order valence-corrected chi connectivity index (χ1v) is 12.8. The fraction of sp³-hybridized carbons (Fsp3) is 0.400. The summed E-state index contributed by atoms with van der Waals surface area (Å²) in [6.45, 7) is 5.61. The monoisotopic (exact) mass is 453 g/mol. The van der Waals surface area contributed by atoms with Crippen LogP contribution in [0, 0.1) is 0 Å². The van der Waals surface area contributed by atoms with Crippen molar-refractivity contribution >= 4 is 26.8 Å². The fourth-order valence-electron chi connectivity index (χ4n) is 4.25. The Balaban J connectivity index is 1.48. The van der Waals surface area contributed by atoms with Gasteiger partial charge in [0, 0.05) is 36.7 Å². The third kappa shape index (κ3) is 4.59. The standard InChI is InChI=1S/C25H31N3O3S/c1-3-20-7-9-21(10-8-20)18-26-25(29)19(2)28-16-13-22-17-23(11-12-24(22)28)32(30,31)27-14-5-4-6-15-27/h7-13,16-17,19H,3-6,14-15,18H2,1-2H3,(H,26,29). The van der Waals surface area contributed by atoms with Gasteiger partial charge in [-0.2, -0.15) is 4.31 Å². The minimum absolute atomic E-state index is 0.0768. The Bertz CT molecular complexity index is 1190. The van der Waals surface area contributed by atoms with Crippen LogP contribution in [-0.4, -0.2) is 36.3 Å². The van der Waals surface area contributed by atoms with E-state index in [1.165, 1.54) is 5.56 Å². The SMILES string of the molecule is CCc1ccc(CNC(=O)C(C)n2ccc3cc(S(=O)(=O)N4CCCCC4)ccc32)cc1. The van der Waals surface area contributed by atoms with Gasteiger partial charge in [-0.05, 0) is 61.6 Å². The number of benzene rings is 2. The van der Waals surface area contributed by atoms with Gasteiger partial charge in [0.15, 0.2) is 0 Å². The van der Waals surface area contributed by atoms with Crippen LogP contribution in [0.15, 0.2) is 59.6 Å². The van der Waals surface area contributed by atoms with Gasteiger partial charge in [0.1, 0.15) is 6.04 Å². The molecule has 7 heteroatoms. The van der Waals surface area contributed by atoms with E-state index in [-0.39, 0.29) is 5.91 Å². The van der Waals surface area contributed by atoms with Gasteiger partial charge in [-0.1, -0.05) is 37.6 Å². The molecular weight excluding hydrogens is 422 g/mol. The van der Waals surface area contributed by atoms with Crippen LogP contribution in [0.3, 0.4) is 0 Å². The molecule has 0 bridgehead atoms. The van der Waals surface area contributed by atoms with E-state index in [9.17, 15) is 13.2 Å². The van der Waals surface area contributed by atoms with Gasteiger partial charge in [0.05, 0.1) is 4.90 Å². The lowest BCUT2D eigenvalue weighted by Gasteiger charge is -2.26. The number of aromatic nitrogens is 1. The number of carbonyl (C=O) groups is 1. The number of amides is 1. The summed E-state index contributed by atoms with van der Waals surface area (Å²) in [6, 6.07) is 14.9. The average molecular weight is 454 g/mol. The molecular formula is C25H31N3O3S. The zero-order chi connectivity index (χ0) is 22.7. The first-order chi connectivity index (χ1) is 15.4. The van der Waals surface area contributed by atoms with Gasteiger partial charge in [-0.3, -0.25) is 4.79 Å². The predicted molar refractivity (Wildman–Crippen MR) is 127 cm³/mol. The lowest BCUT2D eigenvalue weighted by Crippen LogP contribution is -2.35. The minimum Gasteiger partial charge on any atom is -0.350 e. The zero-order valence-electron chi connectivity index (χ0n) is 18.8. The molecule has 0 saturated carbocycles. The summed E-state index contributed by atoms with van der Waals surface area (Å²) in [5.41, 5.74) is 3.18. The molecule has 1 fully saturated rings. The zero-order valence-corrected chi connectivity index (χ0v) is 19.6. The molecule has 1 unspecified atom stereocenters. The first kappa shape index (κ1) is 22.6. The van der Waals surface area contributed by atoms with Crippen molar-refractivity contribution in [3.05, 3.63) is 65.9 Å². The Hall–Kier alpha value is -2.64. The van der Waals surface area contributed by atoms with Crippen molar-refractivity contribution < 1.29 is 13.2 Å². The number of sulfonamides is 1. The second-order valence-corrected chi connectivity index (χ2v) is 10.4. The molecule has 1 aromatic heterocycles. The molecule has 0 aliphatic carbocycles. The molecule has 170 valence electrons. The normalized spacial score (nSPS) is 16.2. The minimum atomic E-state index is -3.48. The Morgan fingerprint density at radius 1 is 1.00 bits per heavy atom. The van der Waals surface area contributed by atoms with E-state index in [1.54, 1.807) is 22.5 Å². The smallest absolute Gasteiger partial charge is 0.243 e. The van der Waals surface area contributed by atoms with Crippen molar-refractivity contribution in [2.45, 2.75) is 57.0 Å². The summed E-state index contributed by atoms with van der Waals surface area (Å²) < 4.78 is 29.5. The van der Waals surface area contributed by atoms with Crippen LogP contribution in [0.25, 0.3) is 10.9 Å². The highest BCUT2D eigenvalue weighted by molar-refractivity contribution is 7.89. The van der Waals surface area contributed by atoms with E-state index in [0.29, 0.717) is 24.5 Å². The molecule has 1 atom stereocenters. The average Bonchev–Trinajstić information content (AvgIpc) is 3.26. The van der Waals surface area contributed by atoms with E-state index in [4.69, 9.17) is 0 Å². The van der Waals surface area contributed by atoms with Gasteiger partial charge >= 0.3 is 0 Å². The number of fused-ring (bicyclic) bond motifs is 1. The van der Waals surface area contributed by atoms with E-state index < -0.39 is 16.1 Å². The topological polar surface area (TPSA) is 71.4 Å². The van der Waals surface area contributed by atoms with Gasteiger partial charge < -0.3 is 9.88 Å². The largest absolute Gasteiger partial charge is 0.350 e. The Morgan fingerprint density at radius 2 is 1.69 bits per heavy atom. The molecule has 3 aromatic rings. The maximum atomic E-state index is 13.0. The fourth-order valence-corrected chi connectivity index (χ4v) is 5.80. The second kappa shape index (κ2) is 9.46. The summed E-state index contributed by atoms with van der Waals surface area (Å²) in [4.78, 5) is 13.1. The van der Waals surface area contributed by atoms with Crippen LogP contribution < -0.4 is 5.32 Å². The summed E-state index contributed by atoms with van der Waals surface area (Å²) in [5, 5.41) is 3.82. The number of hydrogen-bond donors (Lipinski definition) is 1. The maximum absolute atomic E-state index is 13.0. The molecule has 1 aliphatic heterocycles. The molecule has 2 heterocycles. The van der Waals surface area contributed by atoms with Crippen molar-refractivity contribution in [1.29, 1.82) is 0 Å². The van der Waals surface area contributed by atoms with Crippen LogP contribution in [0.1, 0.15) is 50.3 Å². The number of rotatable bonds is 7. The van der Waals surface area contributed by atoms with E-state index in [2.05, 4.69) is 24.4 Å².